The molecule has 4 nitrogen and oxygen atoms in total. The van der Waals surface area contributed by atoms with Crippen molar-refractivity contribution in [1.82, 2.24) is 15.2 Å². The largest absolute Gasteiger partial charge is 0.433 e. The van der Waals surface area contributed by atoms with Crippen molar-refractivity contribution in [2.75, 3.05) is 0 Å². The highest BCUT2D eigenvalue weighted by Gasteiger charge is 2.34. The van der Waals surface area contributed by atoms with Gasteiger partial charge in [0.15, 0.2) is 0 Å². The lowest BCUT2D eigenvalue weighted by Gasteiger charge is -2.10. The van der Waals surface area contributed by atoms with Crippen LogP contribution in [0.25, 0.3) is 10.9 Å². The number of rotatable bonds is 1. The molecule has 0 spiro atoms. The van der Waals surface area contributed by atoms with Gasteiger partial charge in [-0.3, -0.25) is 5.10 Å². The summed E-state index contributed by atoms with van der Waals surface area (Å²) in [7, 11) is 0. The van der Waals surface area contributed by atoms with Crippen molar-refractivity contribution in [3.05, 3.63) is 21.2 Å². The van der Waals surface area contributed by atoms with E-state index < -0.39 is 18.0 Å². The van der Waals surface area contributed by atoms with E-state index in [1.54, 1.807) is 0 Å². The molecule has 0 bridgehead atoms. The predicted molar refractivity (Wildman–Crippen MR) is 62.2 cm³/mol. The van der Waals surface area contributed by atoms with Crippen LogP contribution in [0.5, 0.6) is 0 Å². The molecule has 2 rings (SSSR count). The molecule has 0 aliphatic heterocycles. The van der Waals surface area contributed by atoms with Crippen LogP contribution in [0.2, 0.25) is 0 Å². The van der Waals surface area contributed by atoms with E-state index in [0.29, 0.717) is 9.09 Å². The van der Waals surface area contributed by atoms with Crippen LogP contribution in [-0.4, -0.2) is 20.3 Å². The minimum atomic E-state index is -4.54. The molecule has 1 atom stereocenters. The van der Waals surface area contributed by atoms with Gasteiger partial charge in [-0.2, -0.15) is 18.3 Å². The molecule has 0 fully saturated rings. The monoisotopic (exact) mass is 357 g/mol. The van der Waals surface area contributed by atoms with E-state index in [4.69, 9.17) is 0 Å². The van der Waals surface area contributed by atoms with Crippen LogP contribution >= 0.6 is 22.6 Å². The minimum absolute atomic E-state index is 0.0750. The van der Waals surface area contributed by atoms with E-state index in [-0.39, 0.29) is 11.2 Å². The standard InChI is InChI=1S/C9H7F3IN3O/c1-3(17)6-7-4(8(13)16-15-7)2-5(14-6)9(10,11)12/h2-3,17H,1H3,(H,15,16). The Kier molecular flexibility index (Phi) is 3.02. The number of halogens is 4. The summed E-state index contributed by atoms with van der Waals surface area (Å²) in [4.78, 5) is 3.42. The van der Waals surface area contributed by atoms with Gasteiger partial charge in [-0.1, -0.05) is 0 Å². The summed E-state index contributed by atoms with van der Waals surface area (Å²) in [5.41, 5.74) is -0.841. The summed E-state index contributed by atoms with van der Waals surface area (Å²) in [5, 5.41) is 16.2. The second-order valence-electron chi connectivity index (χ2n) is 3.50. The van der Waals surface area contributed by atoms with Crippen molar-refractivity contribution >= 4 is 33.5 Å². The number of nitrogens with zero attached hydrogens (tertiary/aromatic N) is 2. The zero-order valence-electron chi connectivity index (χ0n) is 8.51. The van der Waals surface area contributed by atoms with Crippen molar-refractivity contribution in [3.8, 4) is 0 Å². The topological polar surface area (TPSA) is 61.8 Å². The van der Waals surface area contributed by atoms with E-state index in [2.05, 4.69) is 15.2 Å². The fraction of sp³-hybridized carbons (Fsp3) is 0.333. The molecular formula is C9H7F3IN3O. The van der Waals surface area contributed by atoms with E-state index in [1.807, 2.05) is 22.6 Å². The minimum Gasteiger partial charge on any atom is -0.387 e. The van der Waals surface area contributed by atoms with Crippen LogP contribution in [-0.2, 0) is 6.18 Å². The predicted octanol–water partition coefficient (Wildman–Crippen LogP) is 2.63. The highest BCUT2D eigenvalue weighted by Crippen LogP contribution is 2.33. The molecule has 2 N–H and O–H groups in total. The van der Waals surface area contributed by atoms with Crippen LogP contribution in [0.4, 0.5) is 13.2 Å². The first kappa shape index (κ1) is 12.6. The molecule has 0 amide bonds. The van der Waals surface area contributed by atoms with E-state index >= 15 is 0 Å². The van der Waals surface area contributed by atoms with Crippen LogP contribution in [0.15, 0.2) is 6.07 Å². The Labute approximate surface area is 107 Å². The van der Waals surface area contributed by atoms with Gasteiger partial charge in [-0.05, 0) is 35.6 Å². The summed E-state index contributed by atoms with van der Waals surface area (Å²) in [6.07, 6.45) is -5.66. The second kappa shape index (κ2) is 4.09. The maximum Gasteiger partial charge on any atom is 0.433 e. The van der Waals surface area contributed by atoms with E-state index in [9.17, 15) is 18.3 Å². The van der Waals surface area contributed by atoms with Gasteiger partial charge in [0.05, 0.1) is 11.8 Å². The lowest BCUT2D eigenvalue weighted by atomic mass is 10.1. The van der Waals surface area contributed by atoms with Crippen molar-refractivity contribution in [2.45, 2.75) is 19.2 Å². The normalized spacial score (nSPS) is 14.2. The third-order valence-corrected chi connectivity index (χ3v) is 3.03. The second-order valence-corrected chi connectivity index (χ2v) is 4.58. The number of aliphatic hydroxyl groups is 1. The quantitative estimate of drug-likeness (QED) is 0.772. The fourth-order valence-electron chi connectivity index (χ4n) is 1.44. The molecule has 92 valence electrons. The number of H-pyrrole nitrogens is 1. The first-order valence-corrected chi connectivity index (χ1v) is 5.68. The van der Waals surface area contributed by atoms with Crippen molar-refractivity contribution in [1.29, 1.82) is 0 Å². The molecule has 2 heterocycles. The van der Waals surface area contributed by atoms with Gasteiger partial charge in [0.1, 0.15) is 14.9 Å². The lowest BCUT2D eigenvalue weighted by molar-refractivity contribution is -0.141. The molecule has 8 heteroatoms. The number of nitrogens with one attached hydrogen (secondary N) is 1. The Morgan fingerprint density at radius 3 is 2.65 bits per heavy atom. The molecule has 2 aromatic heterocycles. The number of aromatic nitrogens is 3. The fourth-order valence-corrected chi connectivity index (χ4v) is 1.98. The Balaban J connectivity index is 2.78. The number of hydrogen-bond donors (Lipinski definition) is 2. The first-order valence-electron chi connectivity index (χ1n) is 4.60. The van der Waals surface area contributed by atoms with Crippen LogP contribution in [0.1, 0.15) is 24.4 Å². The van der Waals surface area contributed by atoms with Gasteiger partial charge in [-0.15, -0.1) is 0 Å². The molecule has 0 aliphatic carbocycles. The maximum atomic E-state index is 12.6. The Morgan fingerprint density at radius 2 is 2.12 bits per heavy atom. The average Bonchev–Trinajstić information content (AvgIpc) is 2.58. The van der Waals surface area contributed by atoms with Gasteiger partial charge in [0.25, 0.3) is 0 Å². The van der Waals surface area contributed by atoms with Gasteiger partial charge < -0.3 is 5.11 Å². The van der Waals surface area contributed by atoms with Gasteiger partial charge in [-0.25, -0.2) is 4.98 Å². The lowest BCUT2D eigenvalue weighted by Crippen LogP contribution is -2.11. The Hall–Kier alpha value is -0.900. The van der Waals surface area contributed by atoms with Crippen molar-refractivity contribution < 1.29 is 18.3 Å². The smallest absolute Gasteiger partial charge is 0.387 e. The van der Waals surface area contributed by atoms with Crippen molar-refractivity contribution in [2.24, 2.45) is 0 Å². The van der Waals surface area contributed by atoms with Gasteiger partial charge >= 0.3 is 6.18 Å². The van der Waals surface area contributed by atoms with Crippen LogP contribution < -0.4 is 0 Å². The molecule has 0 saturated carbocycles. The molecule has 2 aromatic rings. The first-order chi connectivity index (χ1) is 7.80. The molecular weight excluding hydrogens is 350 g/mol. The number of aromatic amines is 1. The summed E-state index contributed by atoms with van der Waals surface area (Å²) in [5.74, 6) is 0. The number of aliphatic hydroxyl groups excluding tert-OH is 1. The highest BCUT2D eigenvalue weighted by molar-refractivity contribution is 14.1. The van der Waals surface area contributed by atoms with Crippen LogP contribution in [0, 0.1) is 3.70 Å². The molecule has 0 aliphatic rings. The zero-order valence-corrected chi connectivity index (χ0v) is 10.7. The number of alkyl halides is 3. The summed E-state index contributed by atoms with van der Waals surface area (Å²) < 4.78 is 38.3. The average molecular weight is 357 g/mol. The number of hydrogen-bond acceptors (Lipinski definition) is 3. The Morgan fingerprint density at radius 1 is 1.47 bits per heavy atom. The molecule has 0 radical (unpaired) electrons. The molecule has 0 saturated heterocycles. The van der Waals surface area contributed by atoms with E-state index in [1.165, 1.54) is 6.92 Å². The van der Waals surface area contributed by atoms with Gasteiger partial charge in [0.2, 0.25) is 0 Å². The van der Waals surface area contributed by atoms with E-state index in [0.717, 1.165) is 6.07 Å². The third kappa shape index (κ3) is 2.23. The molecule has 1 unspecified atom stereocenters. The van der Waals surface area contributed by atoms with Crippen molar-refractivity contribution in [3.63, 3.8) is 0 Å². The molecule has 0 aromatic carbocycles. The highest BCUT2D eigenvalue weighted by atomic mass is 127. The van der Waals surface area contributed by atoms with Gasteiger partial charge in [0, 0.05) is 5.39 Å². The zero-order chi connectivity index (χ0) is 12.8. The number of pyridine rings is 1. The third-order valence-electron chi connectivity index (χ3n) is 2.21. The number of fused-ring (bicyclic) bond motifs is 1. The SMILES string of the molecule is CC(O)c1nc(C(F)(F)F)cc2c(I)[nH]nc12. The maximum absolute atomic E-state index is 12.6. The Bertz CT molecular complexity index is 564. The summed E-state index contributed by atoms with van der Waals surface area (Å²) in [6.45, 7) is 1.35. The summed E-state index contributed by atoms with van der Waals surface area (Å²) >= 11 is 1.84. The van der Waals surface area contributed by atoms with Crippen LogP contribution in [0.3, 0.4) is 0 Å². The molecule has 17 heavy (non-hydrogen) atoms. The summed E-state index contributed by atoms with van der Waals surface area (Å²) in [6, 6.07) is 0.923.